The number of rotatable bonds is 10. The van der Waals surface area contributed by atoms with Gasteiger partial charge in [0, 0.05) is 51.1 Å². The lowest BCUT2D eigenvalue weighted by Crippen LogP contribution is -2.34. The number of benzene rings is 1. The standard InChI is InChI=1S/C23H30N2O6/c1-16(27)25-15-19(18-7-3-4-8-20(18)25)17-13-21(23(28)24-9-12-29-2)31-22(14-17)30-11-6-5-10-26/h3-4,7-8,13,15,17,22,26H,5-6,9-12,14H2,1-2H3,(H,24,28). The van der Waals surface area contributed by atoms with Gasteiger partial charge in [-0.05, 0) is 30.5 Å². The van der Waals surface area contributed by atoms with Crippen molar-refractivity contribution < 1.29 is 28.9 Å². The van der Waals surface area contributed by atoms with Crippen molar-refractivity contribution in [3.8, 4) is 0 Å². The number of unbranched alkanes of at least 4 members (excludes halogenated alkanes) is 1. The smallest absolute Gasteiger partial charge is 0.286 e. The zero-order valence-corrected chi connectivity index (χ0v) is 18.0. The third kappa shape index (κ3) is 5.72. The Kier molecular flexibility index (Phi) is 8.22. The number of methoxy groups -OCH3 is 1. The normalized spacial score (nSPS) is 18.5. The van der Waals surface area contributed by atoms with Gasteiger partial charge in [0.25, 0.3) is 5.91 Å². The summed E-state index contributed by atoms with van der Waals surface area (Å²) in [5.41, 5.74) is 1.77. The van der Waals surface area contributed by atoms with Gasteiger partial charge in [-0.2, -0.15) is 0 Å². The van der Waals surface area contributed by atoms with Crippen molar-refractivity contribution in [3.05, 3.63) is 47.9 Å². The molecule has 0 saturated carbocycles. The van der Waals surface area contributed by atoms with E-state index in [4.69, 9.17) is 19.3 Å². The van der Waals surface area contributed by atoms with Crippen molar-refractivity contribution in [1.82, 2.24) is 9.88 Å². The van der Waals surface area contributed by atoms with Crippen LogP contribution in [0, 0.1) is 0 Å². The Labute approximate surface area is 181 Å². The second-order valence-electron chi connectivity index (χ2n) is 7.46. The van der Waals surface area contributed by atoms with E-state index in [1.165, 1.54) is 6.92 Å². The van der Waals surface area contributed by atoms with Gasteiger partial charge in [0.1, 0.15) is 0 Å². The zero-order valence-electron chi connectivity index (χ0n) is 18.0. The number of aromatic nitrogens is 1. The van der Waals surface area contributed by atoms with Gasteiger partial charge in [0.2, 0.25) is 12.2 Å². The SMILES string of the molecule is COCCNC(=O)C1=CC(c2cn(C(C)=O)c3ccccc23)CC(OCCCCO)O1. The molecule has 0 radical (unpaired) electrons. The summed E-state index contributed by atoms with van der Waals surface area (Å²) in [6.45, 7) is 2.82. The van der Waals surface area contributed by atoms with Crippen molar-refractivity contribution in [2.45, 2.75) is 38.4 Å². The minimum absolute atomic E-state index is 0.0761. The third-order valence-electron chi connectivity index (χ3n) is 5.21. The number of hydrogen-bond acceptors (Lipinski definition) is 6. The van der Waals surface area contributed by atoms with Crippen LogP contribution in [0.2, 0.25) is 0 Å². The van der Waals surface area contributed by atoms with E-state index in [0.717, 1.165) is 16.5 Å². The molecular weight excluding hydrogens is 400 g/mol. The van der Waals surface area contributed by atoms with E-state index in [1.807, 2.05) is 30.5 Å². The molecule has 2 heterocycles. The molecule has 0 bridgehead atoms. The number of aliphatic hydroxyl groups is 1. The Bertz CT molecular complexity index is 935. The van der Waals surface area contributed by atoms with Crippen LogP contribution < -0.4 is 5.32 Å². The molecule has 0 aliphatic carbocycles. The van der Waals surface area contributed by atoms with E-state index in [9.17, 15) is 9.59 Å². The Morgan fingerprint density at radius 2 is 2.06 bits per heavy atom. The first-order valence-electron chi connectivity index (χ1n) is 10.5. The summed E-state index contributed by atoms with van der Waals surface area (Å²) in [6, 6.07) is 7.71. The average Bonchev–Trinajstić information content (AvgIpc) is 3.17. The molecule has 2 atom stereocenters. The van der Waals surface area contributed by atoms with Crippen LogP contribution in [0.3, 0.4) is 0 Å². The quantitative estimate of drug-likeness (QED) is 0.562. The maximum Gasteiger partial charge on any atom is 0.286 e. The van der Waals surface area contributed by atoms with Gasteiger partial charge < -0.3 is 24.6 Å². The van der Waals surface area contributed by atoms with Crippen molar-refractivity contribution in [2.24, 2.45) is 0 Å². The molecular formula is C23H30N2O6. The van der Waals surface area contributed by atoms with Crippen LogP contribution in [0.5, 0.6) is 0 Å². The number of allylic oxidation sites excluding steroid dienone is 1. The predicted molar refractivity (Wildman–Crippen MR) is 116 cm³/mol. The summed E-state index contributed by atoms with van der Waals surface area (Å²) >= 11 is 0. The fourth-order valence-corrected chi connectivity index (χ4v) is 3.68. The Morgan fingerprint density at radius 3 is 2.81 bits per heavy atom. The molecule has 31 heavy (non-hydrogen) atoms. The highest BCUT2D eigenvalue weighted by atomic mass is 16.7. The average molecular weight is 431 g/mol. The van der Waals surface area contributed by atoms with E-state index < -0.39 is 6.29 Å². The maximum atomic E-state index is 12.6. The molecule has 8 nitrogen and oxygen atoms in total. The number of nitrogens with zero attached hydrogens (tertiary/aromatic N) is 1. The first-order chi connectivity index (χ1) is 15.0. The zero-order chi connectivity index (χ0) is 22.2. The molecule has 1 amide bonds. The molecule has 1 aromatic carbocycles. The van der Waals surface area contributed by atoms with Gasteiger partial charge in [-0.15, -0.1) is 0 Å². The second kappa shape index (κ2) is 11.1. The molecule has 168 valence electrons. The lowest BCUT2D eigenvalue weighted by atomic mass is 9.92. The largest absolute Gasteiger partial charge is 0.459 e. The van der Waals surface area contributed by atoms with Gasteiger partial charge in [-0.3, -0.25) is 14.2 Å². The van der Waals surface area contributed by atoms with Crippen LogP contribution in [0.15, 0.2) is 42.3 Å². The molecule has 0 saturated heterocycles. The summed E-state index contributed by atoms with van der Waals surface area (Å²) in [7, 11) is 1.57. The number of aliphatic hydroxyl groups excluding tert-OH is 1. The third-order valence-corrected chi connectivity index (χ3v) is 5.21. The van der Waals surface area contributed by atoms with Crippen LogP contribution in [0.25, 0.3) is 10.9 Å². The minimum atomic E-state index is -0.601. The lowest BCUT2D eigenvalue weighted by molar-refractivity contribution is -0.146. The van der Waals surface area contributed by atoms with Gasteiger partial charge in [-0.1, -0.05) is 18.2 Å². The minimum Gasteiger partial charge on any atom is -0.459 e. The monoisotopic (exact) mass is 430 g/mol. The topological polar surface area (TPSA) is 99.0 Å². The lowest BCUT2D eigenvalue weighted by Gasteiger charge is -2.29. The first-order valence-corrected chi connectivity index (χ1v) is 10.5. The van der Waals surface area contributed by atoms with Crippen LogP contribution in [0.4, 0.5) is 0 Å². The Hall–Kier alpha value is -2.68. The van der Waals surface area contributed by atoms with E-state index >= 15 is 0 Å². The molecule has 0 fully saturated rings. The maximum absolute atomic E-state index is 12.6. The molecule has 2 N–H and O–H groups in total. The summed E-state index contributed by atoms with van der Waals surface area (Å²) in [6.07, 6.45) is 4.88. The predicted octanol–water partition coefficient (Wildman–Crippen LogP) is 2.57. The Morgan fingerprint density at radius 1 is 1.26 bits per heavy atom. The highest BCUT2D eigenvalue weighted by molar-refractivity contribution is 5.95. The van der Waals surface area contributed by atoms with Crippen LogP contribution in [0.1, 0.15) is 42.5 Å². The van der Waals surface area contributed by atoms with Crippen molar-refractivity contribution in [1.29, 1.82) is 0 Å². The number of carbonyl (C=O) groups is 2. The van der Waals surface area contributed by atoms with Crippen molar-refractivity contribution in [2.75, 3.05) is 33.5 Å². The number of carbonyl (C=O) groups excluding carboxylic acids is 2. The molecule has 1 aliphatic rings. The van der Waals surface area contributed by atoms with Crippen LogP contribution in [-0.2, 0) is 19.0 Å². The number of para-hydroxylation sites is 1. The molecule has 3 rings (SSSR count). The summed E-state index contributed by atoms with van der Waals surface area (Å²) in [5.74, 6) is -0.377. The van der Waals surface area contributed by atoms with Gasteiger partial charge in [0.15, 0.2) is 5.76 Å². The number of nitrogens with one attached hydrogen (secondary N) is 1. The summed E-state index contributed by atoms with van der Waals surface area (Å²) in [4.78, 5) is 24.8. The van der Waals surface area contributed by atoms with Crippen molar-refractivity contribution >= 4 is 22.7 Å². The fourth-order valence-electron chi connectivity index (χ4n) is 3.68. The summed E-state index contributed by atoms with van der Waals surface area (Å²) < 4.78 is 18.3. The highest BCUT2D eigenvalue weighted by Crippen LogP contribution is 2.36. The van der Waals surface area contributed by atoms with Gasteiger partial charge in [0.05, 0.1) is 18.7 Å². The number of amides is 1. The van der Waals surface area contributed by atoms with Gasteiger partial charge >= 0.3 is 0 Å². The molecule has 8 heteroatoms. The number of hydrogen-bond donors (Lipinski definition) is 2. The molecule has 2 unspecified atom stereocenters. The summed E-state index contributed by atoms with van der Waals surface area (Å²) in [5, 5.41) is 12.7. The first kappa shape index (κ1) is 23.0. The number of fused-ring (bicyclic) bond motifs is 1. The number of ether oxygens (including phenoxy) is 3. The van der Waals surface area contributed by atoms with Crippen LogP contribution >= 0.6 is 0 Å². The fraction of sp³-hybridized carbons (Fsp3) is 0.478. The van der Waals surface area contributed by atoms with Gasteiger partial charge in [-0.25, -0.2) is 0 Å². The van der Waals surface area contributed by atoms with Crippen molar-refractivity contribution in [3.63, 3.8) is 0 Å². The van der Waals surface area contributed by atoms with E-state index in [1.54, 1.807) is 17.8 Å². The molecule has 2 aromatic rings. The molecule has 1 aliphatic heterocycles. The van der Waals surface area contributed by atoms with Crippen LogP contribution in [-0.4, -0.2) is 61.3 Å². The second-order valence-corrected chi connectivity index (χ2v) is 7.46. The highest BCUT2D eigenvalue weighted by Gasteiger charge is 2.30. The molecule has 0 spiro atoms. The van der Waals surface area contributed by atoms with E-state index in [0.29, 0.717) is 39.0 Å². The van der Waals surface area contributed by atoms with E-state index in [-0.39, 0.29) is 30.1 Å². The Balaban J connectivity index is 1.89. The van der Waals surface area contributed by atoms with E-state index in [2.05, 4.69) is 5.32 Å². The molecule has 1 aromatic heterocycles.